The lowest BCUT2D eigenvalue weighted by atomic mass is 9.88. The molecule has 168 valence electrons. The average molecular weight is 457 g/mol. The van der Waals surface area contributed by atoms with Gasteiger partial charge in [-0.2, -0.15) is 0 Å². The summed E-state index contributed by atoms with van der Waals surface area (Å²) in [6.07, 6.45) is 1.88. The van der Waals surface area contributed by atoms with Gasteiger partial charge in [-0.25, -0.2) is 0 Å². The standard InChI is InChI=1S/C29H29ClN2O/c1-19-5-4-6-25(29(19)30)24-11-12-31-26-17-20(2)27(21(3)28(24)26)23-9-7-22(8-10-23)18-32-13-15-33-16-14-32/h4-12,17H,13-16,18H2,1-3H3. The van der Waals surface area contributed by atoms with Crippen molar-refractivity contribution < 1.29 is 4.74 Å². The molecule has 1 fully saturated rings. The molecule has 5 rings (SSSR count). The fourth-order valence-electron chi connectivity index (χ4n) is 5.00. The summed E-state index contributed by atoms with van der Waals surface area (Å²) in [6, 6.07) is 19.5. The molecule has 0 amide bonds. The maximum Gasteiger partial charge on any atom is 0.0713 e. The van der Waals surface area contributed by atoms with Gasteiger partial charge in [0.15, 0.2) is 0 Å². The van der Waals surface area contributed by atoms with Crippen LogP contribution in [0.4, 0.5) is 0 Å². The van der Waals surface area contributed by atoms with Gasteiger partial charge in [0.1, 0.15) is 0 Å². The zero-order valence-corrected chi connectivity index (χ0v) is 20.2. The number of rotatable bonds is 4. The second-order valence-corrected chi connectivity index (χ2v) is 9.35. The number of aromatic nitrogens is 1. The third kappa shape index (κ3) is 4.29. The second-order valence-electron chi connectivity index (χ2n) is 8.97. The topological polar surface area (TPSA) is 25.4 Å². The van der Waals surface area contributed by atoms with Gasteiger partial charge in [0.2, 0.25) is 0 Å². The van der Waals surface area contributed by atoms with Crippen LogP contribution in [-0.4, -0.2) is 36.2 Å². The van der Waals surface area contributed by atoms with Crippen molar-refractivity contribution in [3.05, 3.63) is 88.1 Å². The lowest BCUT2D eigenvalue weighted by Crippen LogP contribution is -2.35. The Balaban J connectivity index is 1.58. The minimum absolute atomic E-state index is 0.805. The Morgan fingerprint density at radius 3 is 2.42 bits per heavy atom. The van der Waals surface area contributed by atoms with Crippen LogP contribution in [0, 0.1) is 20.8 Å². The lowest BCUT2D eigenvalue weighted by molar-refractivity contribution is 0.0342. The van der Waals surface area contributed by atoms with E-state index in [1.54, 1.807) is 0 Å². The number of benzene rings is 3. The highest BCUT2D eigenvalue weighted by molar-refractivity contribution is 6.34. The first-order valence-electron chi connectivity index (χ1n) is 11.6. The summed E-state index contributed by atoms with van der Waals surface area (Å²) in [4.78, 5) is 7.15. The van der Waals surface area contributed by atoms with Crippen LogP contribution in [0.1, 0.15) is 22.3 Å². The Morgan fingerprint density at radius 2 is 1.67 bits per heavy atom. The fourth-order valence-corrected chi connectivity index (χ4v) is 5.23. The number of morpholine rings is 1. The predicted octanol–water partition coefficient (Wildman–Crippen LogP) is 6.98. The molecule has 33 heavy (non-hydrogen) atoms. The van der Waals surface area contributed by atoms with E-state index in [-0.39, 0.29) is 0 Å². The molecule has 0 saturated carbocycles. The molecule has 0 spiro atoms. The van der Waals surface area contributed by atoms with Gasteiger partial charge < -0.3 is 4.74 Å². The number of ether oxygens (including phenoxy) is 1. The molecule has 3 nitrogen and oxygen atoms in total. The van der Waals surface area contributed by atoms with Gasteiger partial charge in [0.25, 0.3) is 0 Å². The summed E-state index contributed by atoms with van der Waals surface area (Å²) < 4.78 is 5.48. The quantitative estimate of drug-likeness (QED) is 0.331. The number of aryl methyl sites for hydroxylation is 3. The first-order chi connectivity index (χ1) is 16.0. The molecule has 0 aliphatic carbocycles. The highest BCUT2D eigenvalue weighted by atomic mass is 35.5. The van der Waals surface area contributed by atoms with Gasteiger partial charge in [-0.15, -0.1) is 0 Å². The third-order valence-corrected chi connectivity index (χ3v) is 7.21. The molecule has 0 unspecified atom stereocenters. The Hall–Kier alpha value is -2.72. The highest BCUT2D eigenvalue weighted by Gasteiger charge is 2.17. The molecule has 3 aromatic carbocycles. The Kier molecular flexibility index (Phi) is 6.20. The van der Waals surface area contributed by atoms with E-state index in [2.05, 4.69) is 80.3 Å². The molecule has 1 aliphatic rings. The van der Waals surface area contributed by atoms with Gasteiger partial charge in [0.05, 0.1) is 23.8 Å². The molecule has 0 N–H and O–H groups in total. The first kappa shape index (κ1) is 22.1. The van der Waals surface area contributed by atoms with Crippen molar-refractivity contribution in [3.63, 3.8) is 0 Å². The Labute approximate surface area is 201 Å². The number of pyridine rings is 1. The molecule has 0 atom stereocenters. The SMILES string of the molecule is Cc1cccc(-c2ccnc3cc(C)c(-c4ccc(CN5CCOCC5)cc4)c(C)c23)c1Cl. The molecular formula is C29H29ClN2O. The summed E-state index contributed by atoms with van der Waals surface area (Å²) in [6.45, 7) is 11.1. The van der Waals surface area contributed by atoms with Crippen LogP contribution in [0.3, 0.4) is 0 Å². The highest BCUT2D eigenvalue weighted by Crippen LogP contribution is 2.40. The lowest BCUT2D eigenvalue weighted by Gasteiger charge is -2.26. The number of hydrogen-bond acceptors (Lipinski definition) is 3. The fraction of sp³-hybridized carbons (Fsp3) is 0.276. The van der Waals surface area contributed by atoms with E-state index < -0.39 is 0 Å². The molecule has 0 bridgehead atoms. The number of hydrogen-bond donors (Lipinski definition) is 0. The van der Waals surface area contributed by atoms with Crippen molar-refractivity contribution in [1.29, 1.82) is 0 Å². The Bertz CT molecular complexity index is 1310. The summed E-state index contributed by atoms with van der Waals surface area (Å²) in [5, 5.41) is 1.97. The van der Waals surface area contributed by atoms with Gasteiger partial charge in [-0.1, -0.05) is 54.1 Å². The Morgan fingerprint density at radius 1 is 0.909 bits per heavy atom. The molecular weight excluding hydrogens is 428 g/mol. The maximum atomic E-state index is 6.73. The van der Waals surface area contributed by atoms with Crippen LogP contribution in [0.25, 0.3) is 33.2 Å². The van der Waals surface area contributed by atoms with Crippen LogP contribution in [0.15, 0.2) is 60.8 Å². The molecule has 1 aromatic heterocycles. The normalized spacial score (nSPS) is 14.7. The first-order valence-corrected chi connectivity index (χ1v) is 11.9. The van der Waals surface area contributed by atoms with Crippen molar-refractivity contribution in [2.45, 2.75) is 27.3 Å². The molecule has 0 radical (unpaired) electrons. The summed E-state index contributed by atoms with van der Waals surface area (Å²) >= 11 is 6.73. The smallest absolute Gasteiger partial charge is 0.0713 e. The van der Waals surface area contributed by atoms with Crippen molar-refractivity contribution in [3.8, 4) is 22.3 Å². The predicted molar refractivity (Wildman–Crippen MR) is 138 cm³/mol. The number of fused-ring (bicyclic) bond motifs is 1. The van der Waals surface area contributed by atoms with Crippen LogP contribution >= 0.6 is 11.6 Å². The summed E-state index contributed by atoms with van der Waals surface area (Å²) in [5.74, 6) is 0. The second kappa shape index (κ2) is 9.26. The zero-order chi connectivity index (χ0) is 22.9. The van der Waals surface area contributed by atoms with Crippen molar-refractivity contribution in [2.24, 2.45) is 0 Å². The number of nitrogens with zero attached hydrogens (tertiary/aromatic N) is 2. The van der Waals surface area contributed by atoms with Gasteiger partial charge in [-0.3, -0.25) is 9.88 Å². The van der Waals surface area contributed by atoms with Crippen molar-refractivity contribution >= 4 is 22.5 Å². The van der Waals surface area contributed by atoms with Gasteiger partial charge in [0, 0.05) is 36.8 Å². The van der Waals surface area contributed by atoms with Crippen LogP contribution in [0.2, 0.25) is 5.02 Å². The average Bonchev–Trinajstić information content (AvgIpc) is 2.82. The minimum Gasteiger partial charge on any atom is -0.379 e. The monoisotopic (exact) mass is 456 g/mol. The molecule has 4 aromatic rings. The van der Waals surface area contributed by atoms with Crippen LogP contribution < -0.4 is 0 Å². The summed E-state index contributed by atoms with van der Waals surface area (Å²) in [7, 11) is 0. The summed E-state index contributed by atoms with van der Waals surface area (Å²) in [5.41, 5.74) is 10.6. The van der Waals surface area contributed by atoms with Crippen LogP contribution in [-0.2, 0) is 11.3 Å². The van der Waals surface area contributed by atoms with Crippen LogP contribution in [0.5, 0.6) is 0 Å². The van der Waals surface area contributed by atoms with E-state index in [0.717, 1.165) is 60.1 Å². The van der Waals surface area contributed by atoms with E-state index in [9.17, 15) is 0 Å². The van der Waals surface area contributed by atoms with Crippen molar-refractivity contribution in [1.82, 2.24) is 9.88 Å². The zero-order valence-electron chi connectivity index (χ0n) is 19.5. The van der Waals surface area contributed by atoms with E-state index >= 15 is 0 Å². The van der Waals surface area contributed by atoms with E-state index in [4.69, 9.17) is 21.3 Å². The van der Waals surface area contributed by atoms with Gasteiger partial charge in [-0.05, 0) is 71.8 Å². The molecule has 1 saturated heterocycles. The van der Waals surface area contributed by atoms with Crippen molar-refractivity contribution in [2.75, 3.05) is 26.3 Å². The van der Waals surface area contributed by atoms with Gasteiger partial charge >= 0.3 is 0 Å². The molecule has 1 aliphatic heterocycles. The minimum atomic E-state index is 0.805. The molecule has 2 heterocycles. The third-order valence-electron chi connectivity index (χ3n) is 6.71. The van der Waals surface area contributed by atoms with E-state index in [1.807, 2.05) is 6.20 Å². The number of halogens is 1. The molecule has 4 heteroatoms. The van der Waals surface area contributed by atoms with E-state index in [0.29, 0.717) is 0 Å². The maximum absolute atomic E-state index is 6.73. The van der Waals surface area contributed by atoms with E-state index in [1.165, 1.54) is 33.2 Å². The largest absolute Gasteiger partial charge is 0.379 e.